The van der Waals surface area contributed by atoms with E-state index in [9.17, 15) is 14.7 Å². The van der Waals surface area contributed by atoms with E-state index in [0.29, 0.717) is 23.7 Å². The van der Waals surface area contributed by atoms with E-state index >= 15 is 0 Å². The van der Waals surface area contributed by atoms with Crippen molar-refractivity contribution in [3.05, 3.63) is 29.3 Å². The maximum Gasteiger partial charge on any atom is 0.260 e. The Bertz CT molecular complexity index is 687. The van der Waals surface area contributed by atoms with Gasteiger partial charge in [0.15, 0.2) is 6.61 Å². The standard InChI is InChI=1S/C20H27ClN2O4/c1-2-20(9-5-10-20)19(26)22-15-8-11-23(12-16(15)24)18(25)13-27-17-7-4-3-6-14(17)21/h3-4,6-7,15-16,24H,2,5,8-13H2,1H3,(H,22,26). The molecule has 1 heterocycles. The molecule has 2 fully saturated rings. The first-order chi connectivity index (χ1) is 12.9. The fourth-order valence-electron chi connectivity index (χ4n) is 3.79. The SMILES string of the molecule is CCC1(C(=O)NC2CCN(C(=O)COc3ccccc3Cl)CC2O)CCC1. The van der Waals surface area contributed by atoms with Crippen molar-refractivity contribution < 1.29 is 19.4 Å². The van der Waals surface area contributed by atoms with E-state index < -0.39 is 6.10 Å². The second-order valence-electron chi connectivity index (χ2n) is 7.48. The van der Waals surface area contributed by atoms with Gasteiger partial charge in [0.1, 0.15) is 5.75 Å². The van der Waals surface area contributed by atoms with E-state index in [4.69, 9.17) is 16.3 Å². The maximum absolute atomic E-state index is 12.6. The van der Waals surface area contributed by atoms with Crippen LogP contribution in [0.5, 0.6) is 5.75 Å². The Hall–Kier alpha value is -1.79. The van der Waals surface area contributed by atoms with Crippen molar-refractivity contribution in [2.75, 3.05) is 19.7 Å². The van der Waals surface area contributed by atoms with E-state index in [1.807, 2.05) is 6.92 Å². The Balaban J connectivity index is 1.48. The number of aliphatic hydroxyl groups is 1. The summed E-state index contributed by atoms with van der Waals surface area (Å²) in [5.41, 5.74) is -0.254. The Morgan fingerprint density at radius 1 is 1.37 bits per heavy atom. The van der Waals surface area contributed by atoms with Crippen molar-refractivity contribution in [3.8, 4) is 5.75 Å². The van der Waals surface area contributed by atoms with E-state index in [0.717, 1.165) is 25.7 Å². The second-order valence-corrected chi connectivity index (χ2v) is 7.89. The first kappa shape index (κ1) is 20.0. The quantitative estimate of drug-likeness (QED) is 0.776. The van der Waals surface area contributed by atoms with Gasteiger partial charge in [0.25, 0.3) is 5.91 Å². The molecule has 2 aliphatic rings. The number of likely N-dealkylation sites (tertiary alicyclic amines) is 1. The Labute approximate surface area is 164 Å². The third kappa shape index (κ3) is 4.38. The lowest BCUT2D eigenvalue weighted by Gasteiger charge is -2.42. The van der Waals surface area contributed by atoms with E-state index in [1.165, 1.54) is 0 Å². The third-order valence-electron chi connectivity index (χ3n) is 5.91. The van der Waals surface area contributed by atoms with Crippen LogP contribution < -0.4 is 10.1 Å². The normalized spacial score (nSPS) is 24.0. The molecule has 27 heavy (non-hydrogen) atoms. The molecular weight excluding hydrogens is 368 g/mol. The number of nitrogens with zero attached hydrogens (tertiary/aromatic N) is 1. The van der Waals surface area contributed by atoms with Crippen LogP contribution in [-0.4, -0.2) is 53.7 Å². The van der Waals surface area contributed by atoms with Crippen molar-refractivity contribution >= 4 is 23.4 Å². The van der Waals surface area contributed by atoms with Gasteiger partial charge in [0.05, 0.1) is 17.2 Å². The summed E-state index contributed by atoms with van der Waals surface area (Å²) >= 11 is 6.02. The average molecular weight is 395 g/mol. The minimum Gasteiger partial charge on any atom is -0.482 e. The van der Waals surface area contributed by atoms with Gasteiger partial charge < -0.3 is 20.1 Å². The molecule has 1 aromatic carbocycles. The van der Waals surface area contributed by atoms with Crippen LogP contribution in [0.2, 0.25) is 5.02 Å². The molecule has 7 heteroatoms. The van der Waals surface area contributed by atoms with Gasteiger partial charge >= 0.3 is 0 Å². The number of piperidine rings is 1. The Morgan fingerprint density at radius 3 is 2.70 bits per heavy atom. The summed E-state index contributed by atoms with van der Waals surface area (Å²) in [4.78, 5) is 26.5. The Kier molecular flexibility index (Phi) is 6.27. The maximum atomic E-state index is 12.6. The number of aliphatic hydroxyl groups excluding tert-OH is 1. The molecular formula is C20H27ClN2O4. The number of halogens is 1. The summed E-state index contributed by atoms with van der Waals surface area (Å²) in [5.74, 6) is 0.297. The molecule has 1 saturated heterocycles. The smallest absolute Gasteiger partial charge is 0.260 e. The molecule has 1 saturated carbocycles. The lowest BCUT2D eigenvalue weighted by molar-refractivity contribution is -0.141. The van der Waals surface area contributed by atoms with Crippen LogP contribution in [0.15, 0.2) is 24.3 Å². The first-order valence-corrected chi connectivity index (χ1v) is 9.97. The van der Waals surface area contributed by atoms with E-state index in [2.05, 4.69) is 5.32 Å². The topological polar surface area (TPSA) is 78.9 Å². The van der Waals surface area contributed by atoms with E-state index in [-0.39, 0.29) is 36.4 Å². The van der Waals surface area contributed by atoms with Crippen LogP contribution in [0.25, 0.3) is 0 Å². The van der Waals surface area contributed by atoms with Crippen molar-refractivity contribution in [2.24, 2.45) is 5.41 Å². The zero-order valence-electron chi connectivity index (χ0n) is 15.6. The monoisotopic (exact) mass is 394 g/mol. The molecule has 0 bridgehead atoms. The van der Waals surface area contributed by atoms with Crippen LogP contribution in [0.3, 0.4) is 0 Å². The van der Waals surface area contributed by atoms with Gasteiger partial charge in [-0.05, 0) is 37.8 Å². The zero-order valence-corrected chi connectivity index (χ0v) is 16.4. The summed E-state index contributed by atoms with van der Waals surface area (Å²) in [6.07, 6.45) is 3.50. The molecule has 2 N–H and O–H groups in total. The number of para-hydroxylation sites is 1. The number of rotatable bonds is 6. The summed E-state index contributed by atoms with van der Waals surface area (Å²) in [6.45, 7) is 2.57. The molecule has 1 aromatic rings. The number of hydrogen-bond acceptors (Lipinski definition) is 4. The molecule has 1 aliphatic carbocycles. The lowest BCUT2D eigenvalue weighted by atomic mass is 9.66. The first-order valence-electron chi connectivity index (χ1n) is 9.59. The van der Waals surface area contributed by atoms with Crippen molar-refractivity contribution in [2.45, 2.75) is 51.2 Å². The van der Waals surface area contributed by atoms with Crippen molar-refractivity contribution in [1.29, 1.82) is 0 Å². The van der Waals surface area contributed by atoms with Gasteiger partial charge in [-0.2, -0.15) is 0 Å². The highest BCUT2D eigenvalue weighted by Gasteiger charge is 2.44. The number of β-amino-alcohol motifs (C(OH)–C–C–N with tert-alkyl or cyclic N) is 1. The number of ether oxygens (including phenoxy) is 1. The van der Waals surface area contributed by atoms with Gasteiger partial charge in [0, 0.05) is 18.5 Å². The number of amides is 2. The minimum absolute atomic E-state index is 0.0436. The molecule has 0 radical (unpaired) electrons. The number of hydrogen-bond donors (Lipinski definition) is 2. The van der Waals surface area contributed by atoms with Crippen LogP contribution in [0, 0.1) is 5.41 Å². The second kappa shape index (κ2) is 8.48. The summed E-state index contributed by atoms with van der Waals surface area (Å²) < 4.78 is 5.49. The minimum atomic E-state index is -0.777. The average Bonchev–Trinajstić information content (AvgIpc) is 2.62. The molecule has 148 valence electrons. The Morgan fingerprint density at radius 2 is 2.11 bits per heavy atom. The number of carbonyl (C=O) groups excluding carboxylic acids is 2. The van der Waals surface area contributed by atoms with Gasteiger partial charge in [-0.25, -0.2) is 0 Å². The molecule has 3 rings (SSSR count). The molecule has 2 amide bonds. The molecule has 0 aromatic heterocycles. The van der Waals surface area contributed by atoms with Crippen LogP contribution in [-0.2, 0) is 9.59 Å². The number of benzene rings is 1. The predicted octanol–water partition coefficient (Wildman–Crippen LogP) is 2.38. The molecule has 6 nitrogen and oxygen atoms in total. The highest BCUT2D eigenvalue weighted by atomic mass is 35.5. The summed E-state index contributed by atoms with van der Waals surface area (Å²) in [7, 11) is 0. The van der Waals surface area contributed by atoms with Gasteiger partial charge in [-0.3, -0.25) is 9.59 Å². The predicted molar refractivity (Wildman–Crippen MR) is 103 cm³/mol. The molecule has 2 unspecified atom stereocenters. The fraction of sp³-hybridized carbons (Fsp3) is 0.600. The van der Waals surface area contributed by atoms with Crippen molar-refractivity contribution in [1.82, 2.24) is 10.2 Å². The van der Waals surface area contributed by atoms with Crippen molar-refractivity contribution in [3.63, 3.8) is 0 Å². The van der Waals surface area contributed by atoms with Gasteiger partial charge in [0.2, 0.25) is 5.91 Å². The van der Waals surface area contributed by atoms with Crippen LogP contribution in [0.1, 0.15) is 39.0 Å². The highest BCUT2D eigenvalue weighted by Crippen LogP contribution is 2.44. The van der Waals surface area contributed by atoms with Crippen LogP contribution in [0.4, 0.5) is 0 Å². The molecule has 0 spiro atoms. The third-order valence-corrected chi connectivity index (χ3v) is 6.22. The van der Waals surface area contributed by atoms with Gasteiger partial charge in [-0.15, -0.1) is 0 Å². The summed E-state index contributed by atoms with van der Waals surface area (Å²) in [6, 6.07) is 6.67. The number of carbonyl (C=O) groups is 2. The lowest BCUT2D eigenvalue weighted by Crippen LogP contribution is -2.58. The molecule has 1 aliphatic heterocycles. The zero-order chi connectivity index (χ0) is 19.4. The largest absolute Gasteiger partial charge is 0.482 e. The van der Waals surface area contributed by atoms with Crippen LogP contribution >= 0.6 is 11.6 Å². The highest BCUT2D eigenvalue weighted by molar-refractivity contribution is 6.32. The summed E-state index contributed by atoms with van der Waals surface area (Å²) in [5, 5.41) is 13.9. The number of nitrogens with one attached hydrogen (secondary N) is 1. The van der Waals surface area contributed by atoms with E-state index in [1.54, 1.807) is 29.2 Å². The fourth-order valence-corrected chi connectivity index (χ4v) is 3.98. The molecule has 2 atom stereocenters. The van der Waals surface area contributed by atoms with Gasteiger partial charge in [-0.1, -0.05) is 37.1 Å².